The molecule has 0 aromatic heterocycles. The summed E-state index contributed by atoms with van der Waals surface area (Å²) < 4.78 is 10.7. The fourth-order valence-corrected chi connectivity index (χ4v) is 2.55. The molecule has 108 valence electrons. The third-order valence-corrected chi connectivity index (χ3v) is 3.43. The highest BCUT2D eigenvalue weighted by atomic mass is 16.5. The molecule has 0 saturated carbocycles. The van der Waals surface area contributed by atoms with Crippen LogP contribution in [0.15, 0.2) is 47.1 Å². The van der Waals surface area contributed by atoms with Crippen molar-refractivity contribution < 1.29 is 14.3 Å². The second kappa shape index (κ2) is 5.71. The number of ether oxygens (including phenoxy) is 2. The van der Waals surface area contributed by atoms with Crippen LogP contribution < -0.4 is 10.5 Å². The molecule has 1 aliphatic heterocycles. The molecule has 5 heteroatoms. The number of allylic oxidation sites excluding steroid dienone is 3. The van der Waals surface area contributed by atoms with E-state index >= 15 is 0 Å². The molecule has 1 aromatic carbocycles. The van der Waals surface area contributed by atoms with E-state index in [4.69, 9.17) is 15.2 Å². The number of methoxy groups -OCH3 is 1. The van der Waals surface area contributed by atoms with Crippen LogP contribution in [0.3, 0.4) is 0 Å². The zero-order chi connectivity index (χ0) is 15.6. The Hall–Kier alpha value is -2.74. The molecule has 1 heterocycles. The van der Waals surface area contributed by atoms with Crippen LogP contribution in [0.1, 0.15) is 25.3 Å². The summed E-state index contributed by atoms with van der Waals surface area (Å²) in [4.78, 5) is 12.0. The van der Waals surface area contributed by atoms with E-state index in [1.165, 1.54) is 6.92 Å². The third-order valence-electron chi connectivity index (χ3n) is 3.43. The van der Waals surface area contributed by atoms with E-state index in [-0.39, 0.29) is 17.2 Å². The van der Waals surface area contributed by atoms with Gasteiger partial charge in [0.2, 0.25) is 5.88 Å². The first kappa shape index (κ1) is 14.7. The van der Waals surface area contributed by atoms with Crippen LogP contribution in [0.2, 0.25) is 0 Å². The van der Waals surface area contributed by atoms with Crippen molar-refractivity contribution in [3.63, 3.8) is 0 Å². The Bertz CT molecular complexity index is 696. The van der Waals surface area contributed by atoms with Crippen LogP contribution in [-0.4, -0.2) is 12.9 Å². The van der Waals surface area contributed by atoms with Gasteiger partial charge in [0.05, 0.1) is 13.0 Å². The molecule has 0 fully saturated rings. The van der Waals surface area contributed by atoms with Crippen molar-refractivity contribution in [1.82, 2.24) is 0 Å². The van der Waals surface area contributed by atoms with Gasteiger partial charge in [0.25, 0.3) is 0 Å². The molecule has 0 amide bonds. The third kappa shape index (κ3) is 2.48. The Morgan fingerprint density at radius 1 is 1.43 bits per heavy atom. The van der Waals surface area contributed by atoms with Gasteiger partial charge in [-0.1, -0.05) is 18.2 Å². The molecule has 2 N–H and O–H groups in total. The molecule has 5 nitrogen and oxygen atoms in total. The Morgan fingerprint density at radius 2 is 2.10 bits per heavy atom. The lowest BCUT2D eigenvalue weighted by molar-refractivity contribution is -0.114. The normalized spacial score (nSPS) is 18.1. The van der Waals surface area contributed by atoms with Crippen LogP contribution in [0.5, 0.6) is 5.75 Å². The SMILES string of the molecule is COc1ccccc1[C@@H]1C(C#N)=C(N)OC(C)=C1C(C)=O. The van der Waals surface area contributed by atoms with E-state index in [1.54, 1.807) is 20.1 Å². The van der Waals surface area contributed by atoms with Gasteiger partial charge >= 0.3 is 0 Å². The highest BCUT2D eigenvalue weighted by Crippen LogP contribution is 2.42. The Labute approximate surface area is 123 Å². The topological polar surface area (TPSA) is 85.3 Å². The summed E-state index contributed by atoms with van der Waals surface area (Å²) in [5.41, 5.74) is 7.16. The predicted molar refractivity (Wildman–Crippen MR) is 77.0 cm³/mol. The van der Waals surface area contributed by atoms with Crippen molar-refractivity contribution in [3.05, 3.63) is 52.6 Å². The lowest BCUT2D eigenvalue weighted by atomic mass is 9.81. The number of rotatable bonds is 3. The second-order valence-electron chi connectivity index (χ2n) is 4.69. The first-order valence-corrected chi connectivity index (χ1v) is 6.43. The minimum atomic E-state index is -0.572. The molecule has 0 unspecified atom stereocenters. The monoisotopic (exact) mass is 284 g/mol. The van der Waals surface area contributed by atoms with Crippen LogP contribution in [0.25, 0.3) is 0 Å². The minimum absolute atomic E-state index is 0.0240. The fraction of sp³-hybridized carbons (Fsp3) is 0.250. The molecular formula is C16H16N2O3. The van der Waals surface area contributed by atoms with Crippen molar-refractivity contribution >= 4 is 5.78 Å². The fourth-order valence-electron chi connectivity index (χ4n) is 2.55. The van der Waals surface area contributed by atoms with Gasteiger partial charge in [-0.2, -0.15) is 5.26 Å². The summed E-state index contributed by atoms with van der Waals surface area (Å²) in [6.45, 7) is 3.11. The van der Waals surface area contributed by atoms with Crippen LogP contribution in [0, 0.1) is 11.3 Å². The number of nitrogens with zero attached hydrogens (tertiary/aromatic N) is 1. The number of para-hydroxylation sites is 1. The molecule has 0 spiro atoms. The largest absolute Gasteiger partial charge is 0.496 e. The maximum Gasteiger partial charge on any atom is 0.205 e. The van der Waals surface area contributed by atoms with Crippen LogP contribution in [-0.2, 0) is 9.53 Å². The number of Topliss-reactive ketones (excluding diaryl/α,β-unsaturated/α-hetero) is 1. The van der Waals surface area contributed by atoms with Gasteiger partial charge < -0.3 is 15.2 Å². The van der Waals surface area contributed by atoms with Crippen molar-refractivity contribution in [1.29, 1.82) is 5.26 Å². The van der Waals surface area contributed by atoms with E-state index < -0.39 is 5.92 Å². The molecular weight excluding hydrogens is 268 g/mol. The molecule has 21 heavy (non-hydrogen) atoms. The first-order chi connectivity index (χ1) is 10.0. The number of carbonyl (C=O) groups is 1. The maximum atomic E-state index is 12.0. The molecule has 0 aliphatic carbocycles. The molecule has 1 aromatic rings. The number of nitrogens with two attached hydrogens (primary N) is 1. The summed E-state index contributed by atoms with van der Waals surface area (Å²) in [6.07, 6.45) is 0. The molecule has 1 aliphatic rings. The number of carbonyl (C=O) groups excluding carboxylic acids is 1. The number of hydrogen-bond acceptors (Lipinski definition) is 5. The zero-order valence-electron chi connectivity index (χ0n) is 12.1. The smallest absolute Gasteiger partial charge is 0.205 e. The van der Waals surface area contributed by atoms with Gasteiger partial charge in [-0.05, 0) is 19.9 Å². The Kier molecular flexibility index (Phi) is 3.99. The van der Waals surface area contributed by atoms with E-state index in [2.05, 4.69) is 0 Å². The number of nitriles is 1. The highest BCUT2D eigenvalue weighted by Gasteiger charge is 2.35. The Morgan fingerprint density at radius 3 is 2.67 bits per heavy atom. The number of benzene rings is 1. The van der Waals surface area contributed by atoms with Crippen molar-refractivity contribution in [2.45, 2.75) is 19.8 Å². The van der Waals surface area contributed by atoms with E-state index in [1.807, 2.05) is 24.3 Å². The van der Waals surface area contributed by atoms with Gasteiger partial charge in [0.1, 0.15) is 23.2 Å². The van der Waals surface area contributed by atoms with E-state index in [0.717, 1.165) is 0 Å². The number of ketones is 1. The average Bonchev–Trinajstić information content (AvgIpc) is 2.46. The summed E-state index contributed by atoms with van der Waals surface area (Å²) in [5.74, 6) is 0.295. The minimum Gasteiger partial charge on any atom is -0.496 e. The summed E-state index contributed by atoms with van der Waals surface area (Å²) in [6, 6.07) is 9.29. The van der Waals surface area contributed by atoms with Crippen molar-refractivity contribution in [3.8, 4) is 11.8 Å². The molecule has 2 rings (SSSR count). The molecule has 0 radical (unpaired) electrons. The average molecular weight is 284 g/mol. The highest BCUT2D eigenvalue weighted by molar-refractivity contribution is 5.97. The summed E-state index contributed by atoms with van der Waals surface area (Å²) in [7, 11) is 1.54. The van der Waals surface area contributed by atoms with E-state index in [0.29, 0.717) is 22.6 Å². The quantitative estimate of drug-likeness (QED) is 0.921. The standard InChI is InChI=1S/C16H16N2O3/c1-9(19)14-10(2)21-16(18)12(8-17)15(14)11-6-4-5-7-13(11)20-3/h4-7,15H,18H2,1-3H3/t15-/m1/s1. The van der Waals surface area contributed by atoms with Gasteiger partial charge in [0, 0.05) is 11.1 Å². The lowest BCUT2D eigenvalue weighted by Gasteiger charge is -2.27. The van der Waals surface area contributed by atoms with Gasteiger partial charge in [0.15, 0.2) is 5.78 Å². The predicted octanol–water partition coefficient (Wildman–Crippen LogP) is 2.37. The maximum absolute atomic E-state index is 12.0. The lowest BCUT2D eigenvalue weighted by Crippen LogP contribution is -2.23. The van der Waals surface area contributed by atoms with Gasteiger partial charge in [-0.25, -0.2) is 0 Å². The molecule has 0 saturated heterocycles. The Balaban J connectivity index is 2.72. The van der Waals surface area contributed by atoms with Crippen LogP contribution in [0.4, 0.5) is 0 Å². The zero-order valence-corrected chi connectivity index (χ0v) is 12.1. The number of hydrogen-bond donors (Lipinski definition) is 1. The summed E-state index contributed by atoms with van der Waals surface area (Å²) in [5, 5.41) is 9.40. The molecule has 0 bridgehead atoms. The molecule has 1 atom stereocenters. The van der Waals surface area contributed by atoms with Crippen molar-refractivity contribution in [2.24, 2.45) is 5.73 Å². The van der Waals surface area contributed by atoms with Crippen LogP contribution >= 0.6 is 0 Å². The summed E-state index contributed by atoms with van der Waals surface area (Å²) >= 11 is 0. The van der Waals surface area contributed by atoms with Crippen molar-refractivity contribution in [2.75, 3.05) is 7.11 Å². The second-order valence-corrected chi connectivity index (χ2v) is 4.69. The van der Waals surface area contributed by atoms with Gasteiger partial charge in [-0.15, -0.1) is 0 Å². The van der Waals surface area contributed by atoms with E-state index in [9.17, 15) is 10.1 Å². The first-order valence-electron chi connectivity index (χ1n) is 6.43. The van der Waals surface area contributed by atoms with Gasteiger partial charge in [-0.3, -0.25) is 4.79 Å².